The van der Waals surface area contributed by atoms with Crippen molar-refractivity contribution in [1.29, 1.82) is 0 Å². The standard InChI is InChI=1S/C40H58ClN5O5S/c1-28-6-5-15-40(48,27-44-19-20-45-18-16-42-24-35(45)26-44)36-12-9-33(36)25-46-17-4-3-7-31-22-34(41)11-8-30(31)14-21-51-38-13-10-32(23-37(38)46)39(47)43-52(49,50)29(28)2/h8,10-11,13,22-23,28-29,33,35-36,42,48H,3-7,9,12,14-21,24-27H2,1-2H3,(H,43,47)/t28-,29+,33-,35+,36+,40+/m0/s1. The zero-order valence-corrected chi connectivity index (χ0v) is 32.6. The molecule has 6 atom stereocenters. The van der Waals surface area contributed by atoms with E-state index in [1.807, 2.05) is 25.1 Å². The summed E-state index contributed by atoms with van der Waals surface area (Å²) in [5, 5.41) is 16.4. The molecule has 286 valence electrons. The van der Waals surface area contributed by atoms with E-state index in [0.717, 1.165) is 108 Å². The minimum atomic E-state index is -3.94. The van der Waals surface area contributed by atoms with E-state index >= 15 is 0 Å². The van der Waals surface area contributed by atoms with Gasteiger partial charge in [-0.2, -0.15) is 0 Å². The van der Waals surface area contributed by atoms with E-state index in [9.17, 15) is 18.3 Å². The second kappa shape index (κ2) is 16.1. The maximum absolute atomic E-state index is 13.6. The molecule has 12 heteroatoms. The summed E-state index contributed by atoms with van der Waals surface area (Å²) in [6.07, 6.45) is 7.59. The van der Waals surface area contributed by atoms with Crippen LogP contribution in [0.5, 0.6) is 5.75 Å². The minimum Gasteiger partial charge on any atom is -0.491 e. The lowest BCUT2D eigenvalue weighted by molar-refractivity contribution is -0.113. The Morgan fingerprint density at radius 3 is 2.65 bits per heavy atom. The van der Waals surface area contributed by atoms with Crippen molar-refractivity contribution in [3.05, 3.63) is 58.1 Å². The van der Waals surface area contributed by atoms with Crippen LogP contribution in [0.4, 0.5) is 5.69 Å². The first-order valence-electron chi connectivity index (χ1n) is 19.7. The monoisotopic (exact) mass is 755 g/mol. The van der Waals surface area contributed by atoms with Crippen molar-refractivity contribution in [3.63, 3.8) is 0 Å². The predicted octanol–water partition coefficient (Wildman–Crippen LogP) is 4.72. The van der Waals surface area contributed by atoms with Gasteiger partial charge in [-0.1, -0.05) is 31.0 Å². The summed E-state index contributed by atoms with van der Waals surface area (Å²) in [6, 6.07) is 11.9. The number of sulfonamides is 1. The Morgan fingerprint density at radius 1 is 0.962 bits per heavy atom. The average molecular weight is 756 g/mol. The number of piperazine rings is 2. The van der Waals surface area contributed by atoms with Crippen molar-refractivity contribution in [2.75, 3.05) is 70.4 Å². The van der Waals surface area contributed by atoms with Gasteiger partial charge in [-0.25, -0.2) is 13.1 Å². The van der Waals surface area contributed by atoms with E-state index < -0.39 is 26.8 Å². The van der Waals surface area contributed by atoms with Gasteiger partial charge in [0.25, 0.3) is 5.91 Å². The molecule has 0 aromatic heterocycles. The number of hydrogen-bond acceptors (Lipinski definition) is 9. The Kier molecular flexibility index (Phi) is 11.8. The summed E-state index contributed by atoms with van der Waals surface area (Å²) >= 11 is 6.41. The average Bonchev–Trinajstić information content (AvgIpc) is 3.10. The molecule has 4 aliphatic heterocycles. The quantitative estimate of drug-likeness (QED) is 0.401. The fraction of sp³-hybridized carbons (Fsp3) is 0.675. The van der Waals surface area contributed by atoms with Crippen LogP contribution in [0.1, 0.15) is 80.3 Å². The van der Waals surface area contributed by atoms with Crippen LogP contribution in [0.2, 0.25) is 5.02 Å². The largest absolute Gasteiger partial charge is 0.491 e. The summed E-state index contributed by atoms with van der Waals surface area (Å²) < 4.78 is 36.0. The molecule has 1 saturated carbocycles. The van der Waals surface area contributed by atoms with Crippen LogP contribution in [0.15, 0.2) is 36.4 Å². The van der Waals surface area contributed by atoms with Crippen molar-refractivity contribution < 1.29 is 23.1 Å². The number of rotatable bonds is 2. The van der Waals surface area contributed by atoms with E-state index in [4.69, 9.17) is 16.3 Å². The molecule has 4 heterocycles. The van der Waals surface area contributed by atoms with Gasteiger partial charge in [0.1, 0.15) is 5.75 Å². The number of halogens is 1. The smallest absolute Gasteiger partial charge is 0.264 e. The number of carbonyl (C=O) groups is 1. The van der Waals surface area contributed by atoms with Crippen molar-refractivity contribution >= 4 is 33.2 Å². The van der Waals surface area contributed by atoms with Crippen LogP contribution in [0.25, 0.3) is 0 Å². The maximum Gasteiger partial charge on any atom is 0.264 e. The highest BCUT2D eigenvalue weighted by molar-refractivity contribution is 7.90. The normalized spacial score (nSPS) is 32.3. The third-order valence-corrected chi connectivity index (χ3v) is 15.1. The zero-order valence-electron chi connectivity index (χ0n) is 31.0. The van der Waals surface area contributed by atoms with Crippen LogP contribution in [-0.2, 0) is 22.9 Å². The molecule has 10 nitrogen and oxygen atoms in total. The van der Waals surface area contributed by atoms with Gasteiger partial charge < -0.3 is 20.1 Å². The lowest BCUT2D eigenvalue weighted by Gasteiger charge is -2.52. The van der Waals surface area contributed by atoms with E-state index in [1.54, 1.807) is 13.0 Å². The Hall–Kier alpha value is -2.41. The Bertz CT molecular complexity index is 1690. The first-order chi connectivity index (χ1) is 25.0. The Morgan fingerprint density at radius 2 is 1.83 bits per heavy atom. The number of anilines is 1. The first kappa shape index (κ1) is 37.9. The summed E-state index contributed by atoms with van der Waals surface area (Å²) in [7, 11) is -3.94. The highest BCUT2D eigenvalue weighted by Gasteiger charge is 2.48. The molecule has 5 aliphatic rings. The fourth-order valence-electron chi connectivity index (χ4n) is 9.48. The summed E-state index contributed by atoms with van der Waals surface area (Å²) in [5.41, 5.74) is 2.72. The summed E-state index contributed by atoms with van der Waals surface area (Å²) in [6.45, 7) is 12.3. The summed E-state index contributed by atoms with van der Waals surface area (Å²) in [5.74, 6) is 0.299. The molecule has 2 aromatic rings. The van der Waals surface area contributed by atoms with Gasteiger partial charge in [-0.15, -0.1) is 0 Å². The van der Waals surface area contributed by atoms with Gasteiger partial charge in [-0.3, -0.25) is 14.6 Å². The number of nitrogens with one attached hydrogen (secondary N) is 2. The third kappa shape index (κ3) is 8.45. The Labute approximate surface area is 315 Å². The number of nitrogens with zero attached hydrogens (tertiary/aromatic N) is 3. The number of β-amino-alcohol motifs (C(OH)–C–C–N with tert-alkyl or cyclic N) is 1. The van der Waals surface area contributed by atoms with Gasteiger partial charge in [-0.05, 0) is 111 Å². The molecular weight excluding hydrogens is 698 g/mol. The molecule has 2 bridgehead atoms. The van der Waals surface area contributed by atoms with Crippen LogP contribution in [-0.4, -0.2) is 112 Å². The number of aliphatic hydroxyl groups is 1. The number of ether oxygens (including phenoxy) is 1. The van der Waals surface area contributed by atoms with E-state index in [-0.39, 0.29) is 17.8 Å². The lowest BCUT2D eigenvalue weighted by Crippen LogP contribution is -2.64. The Balaban J connectivity index is 1.21. The molecule has 0 radical (unpaired) electrons. The molecule has 0 unspecified atom stereocenters. The van der Waals surface area contributed by atoms with Gasteiger partial charge in [0.15, 0.2) is 0 Å². The highest BCUT2D eigenvalue weighted by Crippen LogP contribution is 2.46. The number of fused-ring (bicyclic) bond motifs is 4. The molecule has 1 aliphatic carbocycles. The number of carbonyl (C=O) groups excluding carboxylic acids is 1. The van der Waals surface area contributed by atoms with E-state index in [0.29, 0.717) is 43.3 Å². The predicted molar refractivity (Wildman–Crippen MR) is 207 cm³/mol. The number of hydrogen-bond donors (Lipinski definition) is 3. The minimum absolute atomic E-state index is 0.130. The van der Waals surface area contributed by atoms with E-state index in [2.05, 4.69) is 36.9 Å². The molecule has 3 fully saturated rings. The van der Waals surface area contributed by atoms with Crippen molar-refractivity contribution in [2.24, 2.45) is 17.8 Å². The van der Waals surface area contributed by atoms with Crippen LogP contribution >= 0.6 is 11.6 Å². The molecule has 7 rings (SSSR count). The van der Waals surface area contributed by atoms with E-state index in [1.165, 1.54) is 11.1 Å². The number of benzene rings is 2. The lowest BCUT2D eigenvalue weighted by atomic mass is 9.62. The summed E-state index contributed by atoms with van der Waals surface area (Å²) in [4.78, 5) is 21.0. The molecule has 2 saturated heterocycles. The van der Waals surface area contributed by atoms with Crippen LogP contribution in [0, 0.1) is 17.8 Å². The topological polar surface area (TPSA) is 114 Å². The molecule has 2 aromatic carbocycles. The SMILES string of the molecule is C[C@@H]1[C@@H](C)CCC[C@@](O)(CN2CCN3CCNC[C@@H]3C2)[C@@H]2CC[C@H]2CN2CCCCc3cc(Cl)ccc3CCOc3ccc(cc32)C(=O)NS1(=O)=O. The maximum atomic E-state index is 13.6. The van der Waals surface area contributed by atoms with Gasteiger partial charge in [0, 0.05) is 82.0 Å². The van der Waals surface area contributed by atoms with Crippen LogP contribution < -0.4 is 19.7 Å². The highest BCUT2D eigenvalue weighted by atomic mass is 35.5. The van der Waals surface area contributed by atoms with Gasteiger partial charge in [0.2, 0.25) is 10.0 Å². The molecule has 0 spiro atoms. The van der Waals surface area contributed by atoms with Crippen LogP contribution in [0.3, 0.4) is 0 Å². The molecule has 1 amide bonds. The third-order valence-electron chi connectivity index (χ3n) is 13.0. The van der Waals surface area contributed by atoms with Crippen molar-refractivity contribution in [3.8, 4) is 5.75 Å². The fourth-order valence-corrected chi connectivity index (χ4v) is 11.0. The second-order valence-corrected chi connectivity index (χ2v) is 18.8. The molecule has 52 heavy (non-hydrogen) atoms. The van der Waals surface area contributed by atoms with Gasteiger partial charge >= 0.3 is 0 Å². The molecular formula is C40H58ClN5O5S. The number of amides is 1. The second-order valence-electron chi connectivity index (χ2n) is 16.3. The van der Waals surface area contributed by atoms with Crippen molar-refractivity contribution in [2.45, 2.75) is 88.5 Å². The molecule has 3 N–H and O–H groups in total. The number of aryl methyl sites for hydroxylation is 1. The first-order valence-corrected chi connectivity index (χ1v) is 21.7. The van der Waals surface area contributed by atoms with Crippen molar-refractivity contribution in [1.82, 2.24) is 19.8 Å². The zero-order chi connectivity index (χ0) is 36.5. The van der Waals surface area contributed by atoms with Gasteiger partial charge in [0.05, 0.1) is 23.1 Å².